The lowest BCUT2D eigenvalue weighted by Gasteiger charge is -2.08. The first kappa shape index (κ1) is 13.1. The average molecular weight is 326 g/mol. The van der Waals surface area contributed by atoms with Gasteiger partial charge in [0.1, 0.15) is 5.69 Å². The van der Waals surface area contributed by atoms with Crippen LogP contribution < -0.4 is 5.32 Å². The molecule has 0 atom stereocenters. The van der Waals surface area contributed by atoms with Crippen LogP contribution in [0.3, 0.4) is 0 Å². The number of carbonyl (C=O) groups excluding carboxylic acids is 1. The normalized spacial score (nSPS) is 10.2. The highest BCUT2D eigenvalue weighted by molar-refractivity contribution is 9.10. The molecule has 1 N–H and O–H groups in total. The van der Waals surface area contributed by atoms with E-state index < -0.39 is 0 Å². The van der Waals surface area contributed by atoms with E-state index in [0.29, 0.717) is 20.9 Å². The van der Waals surface area contributed by atoms with Crippen LogP contribution in [-0.4, -0.2) is 10.9 Å². The fourth-order valence-corrected chi connectivity index (χ4v) is 2.07. The zero-order chi connectivity index (χ0) is 13.1. The summed E-state index contributed by atoms with van der Waals surface area (Å²) >= 11 is 9.31. The van der Waals surface area contributed by atoms with Crippen molar-refractivity contribution in [2.45, 2.75) is 6.92 Å². The molecule has 0 unspecified atom stereocenters. The smallest absolute Gasteiger partial charge is 0.275 e. The molecule has 0 fully saturated rings. The summed E-state index contributed by atoms with van der Waals surface area (Å²) in [4.78, 5) is 16.1. The van der Waals surface area contributed by atoms with Gasteiger partial charge in [-0.15, -0.1) is 0 Å². The van der Waals surface area contributed by atoms with E-state index in [1.54, 1.807) is 24.4 Å². The van der Waals surface area contributed by atoms with Crippen molar-refractivity contribution in [1.29, 1.82) is 0 Å². The van der Waals surface area contributed by atoms with E-state index in [2.05, 4.69) is 26.2 Å². The van der Waals surface area contributed by atoms with E-state index in [4.69, 9.17) is 11.6 Å². The highest BCUT2D eigenvalue weighted by atomic mass is 79.9. The van der Waals surface area contributed by atoms with Gasteiger partial charge in [0.15, 0.2) is 0 Å². The number of carbonyl (C=O) groups is 1. The summed E-state index contributed by atoms with van der Waals surface area (Å²) < 4.78 is 0.645. The van der Waals surface area contributed by atoms with Gasteiger partial charge in [-0.05, 0) is 52.7 Å². The molecule has 0 aliphatic heterocycles. The Bertz CT molecular complexity index is 601. The molecule has 18 heavy (non-hydrogen) atoms. The molecule has 0 spiro atoms. The molecule has 3 nitrogen and oxygen atoms in total. The van der Waals surface area contributed by atoms with Crippen molar-refractivity contribution in [1.82, 2.24) is 4.98 Å². The fraction of sp³-hybridized carbons (Fsp3) is 0.0769. The second kappa shape index (κ2) is 5.50. The van der Waals surface area contributed by atoms with Gasteiger partial charge in [0.05, 0.1) is 10.7 Å². The first-order chi connectivity index (χ1) is 8.58. The summed E-state index contributed by atoms with van der Waals surface area (Å²) in [6.45, 7) is 1.93. The highest BCUT2D eigenvalue weighted by Gasteiger charge is 2.12. The van der Waals surface area contributed by atoms with E-state index in [-0.39, 0.29) is 5.91 Å². The number of aryl methyl sites for hydroxylation is 1. The Labute approximate surface area is 118 Å². The molecule has 92 valence electrons. The molecule has 1 amide bonds. The van der Waals surface area contributed by atoms with Crippen molar-refractivity contribution >= 4 is 39.1 Å². The first-order valence-corrected chi connectivity index (χ1v) is 6.43. The lowest BCUT2D eigenvalue weighted by Crippen LogP contribution is -2.14. The number of halogens is 2. The predicted molar refractivity (Wildman–Crippen MR) is 76.1 cm³/mol. The van der Waals surface area contributed by atoms with Gasteiger partial charge in [0.25, 0.3) is 5.91 Å². The van der Waals surface area contributed by atoms with Crippen LogP contribution in [0.4, 0.5) is 5.69 Å². The van der Waals surface area contributed by atoms with Crippen molar-refractivity contribution in [3.05, 3.63) is 57.3 Å². The van der Waals surface area contributed by atoms with Gasteiger partial charge in [0.2, 0.25) is 0 Å². The fourth-order valence-electron chi connectivity index (χ4n) is 1.47. The number of hydrogen-bond acceptors (Lipinski definition) is 2. The number of amides is 1. The van der Waals surface area contributed by atoms with Crippen molar-refractivity contribution in [2.75, 3.05) is 5.32 Å². The van der Waals surface area contributed by atoms with Gasteiger partial charge in [-0.3, -0.25) is 4.79 Å². The number of benzene rings is 1. The van der Waals surface area contributed by atoms with Gasteiger partial charge in [0, 0.05) is 10.7 Å². The van der Waals surface area contributed by atoms with Gasteiger partial charge in [-0.25, -0.2) is 4.98 Å². The van der Waals surface area contributed by atoms with E-state index in [1.165, 1.54) is 0 Å². The standard InChI is InChI=1S/C13H10BrClN2O/c1-8-4-5-10(15)11(7-8)17-13(18)12-9(14)3-2-6-16-12/h2-7H,1H3,(H,17,18). The molecule has 0 aliphatic rings. The second-order valence-electron chi connectivity index (χ2n) is 3.77. The molecule has 0 saturated heterocycles. The van der Waals surface area contributed by atoms with Crippen LogP contribution in [0, 0.1) is 6.92 Å². The molecule has 0 saturated carbocycles. The molecule has 1 heterocycles. The van der Waals surface area contributed by atoms with E-state index in [0.717, 1.165) is 5.56 Å². The van der Waals surface area contributed by atoms with Gasteiger partial charge < -0.3 is 5.32 Å². The number of nitrogens with zero attached hydrogens (tertiary/aromatic N) is 1. The number of nitrogens with one attached hydrogen (secondary N) is 1. The molecule has 1 aromatic carbocycles. The molecule has 0 bridgehead atoms. The van der Waals surface area contributed by atoms with Crippen LogP contribution >= 0.6 is 27.5 Å². The van der Waals surface area contributed by atoms with Gasteiger partial charge in [-0.1, -0.05) is 17.7 Å². The largest absolute Gasteiger partial charge is 0.319 e. The maximum atomic E-state index is 12.0. The van der Waals surface area contributed by atoms with Crippen LogP contribution in [0.15, 0.2) is 41.0 Å². The third-order valence-electron chi connectivity index (χ3n) is 2.34. The van der Waals surface area contributed by atoms with Crippen LogP contribution in [0.1, 0.15) is 16.1 Å². The molecule has 2 aromatic rings. The Balaban J connectivity index is 2.27. The van der Waals surface area contributed by atoms with Crippen molar-refractivity contribution in [3.8, 4) is 0 Å². The average Bonchev–Trinajstić information content (AvgIpc) is 2.34. The zero-order valence-electron chi connectivity index (χ0n) is 9.58. The molecule has 1 aromatic heterocycles. The lowest BCUT2D eigenvalue weighted by atomic mass is 10.2. The maximum absolute atomic E-state index is 12.0. The highest BCUT2D eigenvalue weighted by Crippen LogP contribution is 2.24. The van der Waals surface area contributed by atoms with E-state index in [1.807, 2.05) is 19.1 Å². The Morgan fingerprint density at radius 3 is 2.89 bits per heavy atom. The maximum Gasteiger partial charge on any atom is 0.275 e. The minimum absolute atomic E-state index is 0.296. The van der Waals surface area contributed by atoms with Crippen molar-refractivity contribution in [2.24, 2.45) is 0 Å². The Morgan fingerprint density at radius 2 is 2.17 bits per heavy atom. The molecule has 0 aliphatic carbocycles. The summed E-state index contributed by atoms with van der Waals surface area (Å²) in [7, 11) is 0. The number of hydrogen-bond donors (Lipinski definition) is 1. The molecule has 5 heteroatoms. The number of aromatic nitrogens is 1. The predicted octanol–water partition coefficient (Wildman–Crippen LogP) is 4.06. The Hall–Kier alpha value is -1.39. The molecular weight excluding hydrogens is 316 g/mol. The topological polar surface area (TPSA) is 42.0 Å². The zero-order valence-corrected chi connectivity index (χ0v) is 11.9. The first-order valence-electron chi connectivity index (χ1n) is 5.26. The summed E-state index contributed by atoms with van der Waals surface area (Å²) in [5.74, 6) is -0.296. The molecule has 2 rings (SSSR count). The summed E-state index contributed by atoms with van der Waals surface area (Å²) in [6, 6.07) is 8.96. The van der Waals surface area contributed by atoms with E-state index in [9.17, 15) is 4.79 Å². The SMILES string of the molecule is Cc1ccc(Cl)c(NC(=O)c2ncccc2Br)c1. The summed E-state index contributed by atoms with van der Waals surface area (Å²) in [5.41, 5.74) is 1.93. The quantitative estimate of drug-likeness (QED) is 0.905. The number of rotatable bonds is 2. The van der Waals surface area contributed by atoms with Gasteiger partial charge in [-0.2, -0.15) is 0 Å². The summed E-state index contributed by atoms with van der Waals surface area (Å²) in [5, 5.41) is 3.25. The minimum atomic E-state index is -0.296. The number of anilines is 1. The van der Waals surface area contributed by atoms with Crippen LogP contribution in [0.25, 0.3) is 0 Å². The van der Waals surface area contributed by atoms with E-state index >= 15 is 0 Å². The monoisotopic (exact) mass is 324 g/mol. The summed E-state index contributed by atoms with van der Waals surface area (Å²) in [6.07, 6.45) is 1.57. The minimum Gasteiger partial charge on any atom is -0.319 e. The van der Waals surface area contributed by atoms with Crippen molar-refractivity contribution in [3.63, 3.8) is 0 Å². The van der Waals surface area contributed by atoms with Gasteiger partial charge >= 0.3 is 0 Å². The van der Waals surface area contributed by atoms with Crippen molar-refractivity contribution < 1.29 is 4.79 Å². The Kier molecular flexibility index (Phi) is 3.99. The third kappa shape index (κ3) is 2.89. The number of pyridine rings is 1. The molecular formula is C13H10BrClN2O. The van der Waals surface area contributed by atoms with Crippen LogP contribution in [-0.2, 0) is 0 Å². The van der Waals surface area contributed by atoms with Crippen LogP contribution in [0.2, 0.25) is 5.02 Å². The second-order valence-corrected chi connectivity index (χ2v) is 5.03. The third-order valence-corrected chi connectivity index (χ3v) is 3.31. The van der Waals surface area contributed by atoms with Crippen LogP contribution in [0.5, 0.6) is 0 Å². The Morgan fingerprint density at radius 1 is 1.39 bits per heavy atom. The molecule has 0 radical (unpaired) electrons. The lowest BCUT2D eigenvalue weighted by molar-refractivity contribution is 0.102.